The number of phosphoric ester groups is 3. The largest absolute Gasteiger partial charge is 0.511 e. The van der Waals surface area contributed by atoms with Crippen molar-refractivity contribution in [2.45, 2.75) is 364 Å². The Morgan fingerprint density at radius 2 is 0.568 bits per heavy atom. The van der Waals surface area contributed by atoms with Gasteiger partial charge in [0.1, 0.15) is 0 Å². The van der Waals surface area contributed by atoms with Crippen LogP contribution in [0, 0.1) is 0 Å². The van der Waals surface area contributed by atoms with Crippen LogP contribution >= 0.6 is 23.5 Å². The monoisotopic (exact) mass is 1210 g/mol. The van der Waals surface area contributed by atoms with Gasteiger partial charge in [-0.25, -0.2) is 49.9 Å². The average molecular weight is 1220 g/mol. The quantitative estimate of drug-likeness (QED) is 0.0329. The van der Waals surface area contributed by atoms with E-state index in [0.29, 0.717) is 32.1 Å². The van der Waals surface area contributed by atoms with Gasteiger partial charge in [0.05, 0.1) is 19.8 Å². The summed E-state index contributed by atoms with van der Waals surface area (Å²) < 4.78 is 113. The first kappa shape index (κ1) is 70.2. The van der Waals surface area contributed by atoms with Crippen LogP contribution < -0.4 is 0 Å². The summed E-state index contributed by atoms with van der Waals surface area (Å²) in [5, 5.41) is 25.5. The number of hydrogen-bond donors (Lipinski definition) is 2. The van der Waals surface area contributed by atoms with Gasteiger partial charge in [0.15, 0.2) is 0 Å². The summed E-state index contributed by atoms with van der Waals surface area (Å²) in [4.78, 5) is 5.63. The predicted molar refractivity (Wildman–Crippen MR) is 311 cm³/mol. The molecule has 21 heteroatoms. The Kier molecular flexibility index (Phi) is 31.1. The molecule has 0 amide bonds. The van der Waals surface area contributed by atoms with E-state index >= 15 is 0 Å². The van der Waals surface area contributed by atoms with Crippen molar-refractivity contribution in [3.63, 3.8) is 0 Å². The molecule has 8 rings (SSSR count). The molecular weight excluding hydrogens is 1100 g/mol. The van der Waals surface area contributed by atoms with Crippen molar-refractivity contribution in [3.05, 3.63) is 0 Å². The Morgan fingerprint density at radius 1 is 0.296 bits per heavy atom. The number of aliphatic hydroxyl groups is 2. The van der Waals surface area contributed by atoms with E-state index in [9.17, 15) is 23.9 Å². The summed E-state index contributed by atoms with van der Waals surface area (Å²) >= 11 is 0. The fraction of sp³-hybridized carbons (Fsp3) is 1.00. The zero-order valence-electron chi connectivity index (χ0n) is 50.8. The normalized spacial score (nSPS) is 32.6. The van der Waals surface area contributed by atoms with E-state index in [1.165, 1.54) is 199 Å². The smallest absolute Gasteiger partial charge is 0.356 e. The molecule has 8 aliphatic heterocycles. The summed E-state index contributed by atoms with van der Waals surface area (Å²) in [6, 6.07) is 0. The maximum atomic E-state index is 14.7. The van der Waals surface area contributed by atoms with E-state index < -0.39 is 58.6 Å². The molecule has 0 saturated carbocycles. The van der Waals surface area contributed by atoms with Gasteiger partial charge in [0.2, 0.25) is 0 Å². The van der Waals surface area contributed by atoms with E-state index in [1.54, 1.807) is 0 Å². The van der Waals surface area contributed by atoms with Gasteiger partial charge >= 0.3 is 58.6 Å². The maximum absolute atomic E-state index is 14.7. The Balaban J connectivity index is 1.04. The van der Waals surface area contributed by atoms with Crippen molar-refractivity contribution in [1.29, 1.82) is 0 Å². The molecule has 8 saturated heterocycles. The van der Waals surface area contributed by atoms with Crippen LogP contribution in [0.4, 0.5) is 0 Å². The minimum atomic E-state index is -5.16. The lowest BCUT2D eigenvalue weighted by Gasteiger charge is -2.55. The van der Waals surface area contributed by atoms with E-state index in [-0.39, 0.29) is 19.8 Å². The van der Waals surface area contributed by atoms with Crippen LogP contribution in [0.1, 0.15) is 329 Å². The van der Waals surface area contributed by atoms with Crippen LogP contribution in [0.15, 0.2) is 0 Å². The number of hydrogen-bond acceptors (Lipinski definition) is 18. The third-order valence-electron chi connectivity index (χ3n) is 17.2. The molecule has 5 atom stereocenters. The van der Waals surface area contributed by atoms with Crippen LogP contribution in [-0.4, -0.2) is 65.1 Å². The molecule has 8 aliphatic rings. The Bertz CT molecular complexity index is 1860. The molecule has 1 spiro atoms. The van der Waals surface area contributed by atoms with Crippen LogP contribution in [0.2, 0.25) is 0 Å². The molecule has 8 heterocycles. The van der Waals surface area contributed by atoms with Crippen molar-refractivity contribution >= 4 is 23.5 Å². The van der Waals surface area contributed by atoms with Gasteiger partial charge in [0, 0.05) is 0 Å². The zero-order chi connectivity index (χ0) is 57.8. The molecule has 18 nitrogen and oxygen atoms in total. The Labute approximate surface area is 489 Å². The summed E-state index contributed by atoms with van der Waals surface area (Å²) in [6.07, 6.45) is 55.0. The molecule has 0 aliphatic carbocycles. The molecule has 6 bridgehead atoms. The first-order valence-corrected chi connectivity index (χ1v) is 37.9. The van der Waals surface area contributed by atoms with Gasteiger partial charge in [-0.05, 0) is 19.3 Å². The van der Waals surface area contributed by atoms with Crippen molar-refractivity contribution in [1.82, 2.24) is 0 Å². The molecule has 8 fully saturated rings. The second kappa shape index (κ2) is 35.9. The highest BCUT2D eigenvalue weighted by molar-refractivity contribution is 7.50. The van der Waals surface area contributed by atoms with Crippen molar-refractivity contribution < 1.29 is 83.9 Å². The zero-order valence-corrected chi connectivity index (χ0v) is 53.5. The van der Waals surface area contributed by atoms with E-state index in [0.717, 1.165) is 77.0 Å². The Hall–Kier alpha value is 0.0900. The SMILES string of the molecule is CCCCCCCCCCCCCCCCCCOC12OP(=O)(O1)O[C@@]21OOP2(=O)OC(O)(O2)[C@@]2(OCCCCCCCCCCCCCCCCCC)OP3(=O)O[C@]1(O)[C@@]2(OCCCCCCCCCCCCCCCCCC)O3. The van der Waals surface area contributed by atoms with Crippen molar-refractivity contribution in [3.8, 4) is 0 Å². The standard InChI is InChI=1S/C60H113O18P3/c1-4-7-10-13-16-19-22-25-28-31-34-37-40-43-46-49-52-66-56-55(61)57(60(76-80(64,72-57)77-60)68-54-51-48-45-42-39-36-33-30-27-24-21-18-15-12-9-6-3)69-78-81(65)74-59(62,75-81)58(56,73-79(63,70-55)71-56)67-53-50-47-44-41-38-35-32-29-26-23-20-17-14-11-8-5-2/h61-62H,4-54H2,1-3H3/t55-,56-,57-,58+,59?,60?,79?,80?,81?/m1/s1. The summed E-state index contributed by atoms with van der Waals surface area (Å²) in [6.45, 7) is 6.18. The van der Waals surface area contributed by atoms with Gasteiger partial charge in [-0.2, -0.15) is 4.89 Å². The van der Waals surface area contributed by atoms with E-state index in [4.69, 9.17) is 60.0 Å². The lowest BCUT2D eigenvalue weighted by molar-refractivity contribution is -0.569. The molecule has 0 radical (unpaired) electrons. The highest BCUT2D eigenvalue weighted by Gasteiger charge is 3.05. The number of fused-ring (bicyclic) bond motifs is 2. The summed E-state index contributed by atoms with van der Waals surface area (Å²) in [5.41, 5.74) is 0. The molecule has 0 aromatic carbocycles. The molecule has 81 heavy (non-hydrogen) atoms. The third kappa shape index (κ3) is 19.1. The van der Waals surface area contributed by atoms with Crippen LogP contribution in [-0.2, 0) is 73.7 Å². The first-order chi connectivity index (χ1) is 39.3. The first-order valence-electron chi connectivity index (χ1n) is 33.5. The van der Waals surface area contributed by atoms with Gasteiger partial charge in [-0.3, -0.25) is 0 Å². The maximum Gasteiger partial charge on any atom is 0.511 e. The minimum absolute atomic E-state index is 0.111. The van der Waals surface area contributed by atoms with Crippen LogP contribution in [0.5, 0.6) is 0 Å². The lowest BCUT2D eigenvalue weighted by atomic mass is 9.85. The molecule has 2 N–H and O–H groups in total. The fourth-order valence-corrected chi connectivity index (χ4v) is 16.9. The molecular formula is C60H113O18P3. The number of unbranched alkanes of at least 4 members (excludes halogenated alkanes) is 45. The van der Waals surface area contributed by atoms with Gasteiger partial charge in [-0.1, -0.05) is 310 Å². The van der Waals surface area contributed by atoms with E-state index in [2.05, 4.69) is 20.8 Å². The molecule has 1 unspecified atom stereocenters. The highest BCUT2D eigenvalue weighted by atomic mass is 31.2. The minimum Gasteiger partial charge on any atom is -0.356 e. The summed E-state index contributed by atoms with van der Waals surface area (Å²) in [7, 11) is -14.8. The third-order valence-corrected chi connectivity index (χ3v) is 21.2. The summed E-state index contributed by atoms with van der Waals surface area (Å²) in [5.74, 6) is -19.1. The number of phosphoric acid groups is 3. The number of ether oxygens (including phenoxy) is 3. The predicted octanol–water partition coefficient (Wildman–Crippen LogP) is 19.4. The average Bonchev–Trinajstić information content (AvgIpc) is 1.48. The van der Waals surface area contributed by atoms with Gasteiger partial charge < -0.3 is 24.4 Å². The van der Waals surface area contributed by atoms with Crippen molar-refractivity contribution in [2.24, 2.45) is 0 Å². The fourth-order valence-electron chi connectivity index (χ4n) is 12.3. The second-order valence-electron chi connectivity index (χ2n) is 24.3. The topological polar surface area (TPSA) is 212 Å². The Morgan fingerprint density at radius 3 is 0.901 bits per heavy atom. The van der Waals surface area contributed by atoms with Crippen LogP contribution in [0.25, 0.3) is 0 Å². The van der Waals surface area contributed by atoms with E-state index in [1.807, 2.05) is 0 Å². The van der Waals surface area contributed by atoms with Gasteiger partial charge in [-0.15, -0.1) is 4.67 Å². The molecule has 476 valence electrons. The lowest BCUT2D eigenvalue weighted by Crippen LogP contribution is -2.85. The highest BCUT2D eigenvalue weighted by Crippen LogP contribution is 2.89. The molecule has 0 aromatic heterocycles. The molecule has 0 aromatic rings. The number of rotatable bonds is 54. The van der Waals surface area contributed by atoms with Gasteiger partial charge in [0.25, 0.3) is 0 Å². The van der Waals surface area contributed by atoms with Crippen LogP contribution in [0.3, 0.4) is 0 Å². The second-order valence-corrected chi connectivity index (χ2v) is 28.6. The van der Waals surface area contributed by atoms with Crippen molar-refractivity contribution in [2.75, 3.05) is 19.8 Å².